The van der Waals surface area contributed by atoms with Crippen LogP contribution >= 0.6 is 0 Å². The molecule has 0 atom stereocenters. The van der Waals surface area contributed by atoms with Crippen molar-refractivity contribution >= 4 is 0 Å². The van der Waals surface area contributed by atoms with E-state index in [9.17, 15) is 0 Å². The van der Waals surface area contributed by atoms with Crippen molar-refractivity contribution in [2.75, 3.05) is 27.3 Å². The largest absolute Gasteiger partial charge is 0.385 e. The van der Waals surface area contributed by atoms with Gasteiger partial charge in [-0.05, 0) is 30.5 Å². The van der Waals surface area contributed by atoms with E-state index in [1.807, 2.05) is 0 Å². The van der Waals surface area contributed by atoms with Crippen LogP contribution in [0.2, 0.25) is 0 Å². The molecule has 1 aromatic rings. The monoisotopic (exact) mass is 235 g/mol. The fraction of sp³-hybridized carbons (Fsp3) is 0.600. The highest BCUT2D eigenvalue weighted by Crippen LogP contribution is 2.15. The van der Waals surface area contributed by atoms with Crippen molar-refractivity contribution in [3.63, 3.8) is 0 Å². The van der Waals surface area contributed by atoms with Crippen molar-refractivity contribution < 1.29 is 4.74 Å². The first-order chi connectivity index (χ1) is 8.13. The van der Waals surface area contributed by atoms with Gasteiger partial charge in [-0.25, -0.2) is 0 Å². The zero-order valence-corrected chi connectivity index (χ0v) is 11.6. The number of methoxy groups -OCH3 is 1. The van der Waals surface area contributed by atoms with E-state index in [-0.39, 0.29) is 0 Å². The van der Waals surface area contributed by atoms with E-state index in [4.69, 9.17) is 4.74 Å². The Morgan fingerprint density at radius 2 is 1.82 bits per heavy atom. The zero-order chi connectivity index (χ0) is 12.7. The summed E-state index contributed by atoms with van der Waals surface area (Å²) in [7, 11) is 3.91. The second-order valence-corrected chi connectivity index (χ2v) is 4.98. The van der Waals surface area contributed by atoms with Gasteiger partial charge in [0, 0.05) is 26.8 Å². The number of hydrogen-bond acceptors (Lipinski definition) is 2. The summed E-state index contributed by atoms with van der Waals surface area (Å²) in [4.78, 5) is 2.34. The number of hydrogen-bond donors (Lipinski definition) is 0. The van der Waals surface area contributed by atoms with Gasteiger partial charge in [-0.3, -0.25) is 0 Å². The first kappa shape index (κ1) is 14.2. The molecule has 0 amide bonds. The van der Waals surface area contributed by atoms with E-state index >= 15 is 0 Å². The summed E-state index contributed by atoms with van der Waals surface area (Å²) in [6.07, 6.45) is 1.09. The summed E-state index contributed by atoms with van der Waals surface area (Å²) in [5.41, 5.74) is 2.80. The van der Waals surface area contributed by atoms with Crippen molar-refractivity contribution in [2.24, 2.45) is 0 Å². The lowest BCUT2D eigenvalue weighted by atomic mass is 10.0. The van der Waals surface area contributed by atoms with Crippen molar-refractivity contribution in [1.82, 2.24) is 4.90 Å². The molecule has 96 valence electrons. The Bertz CT molecular complexity index is 305. The van der Waals surface area contributed by atoms with Crippen LogP contribution in [0.25, 0.3) is 0 Å². The van der Waals surface area contributed by atoms with Crippen molar-refractivity contribution in [3.05, 3.63) is 35.4 Å². The quantitative estimate of drug-likeness (QED) is 0.672. The third kappa shape index (κ3) is 5.33. The molecule has 17 heavy (non-hydrogen) atoms. The predicted molar refractivity (Wildman–Crippen MR) is 73.4 cm³/mol. The zero-order valence-electron chi connectivity index (χ0n) is 11.6. The standard InChI is InChI=1S/C15H25NO/c1-13(2)15-8-6-14(7-9-15)12-16(3)10-5-11-17-4/h6-9,13H,5,10-12H2,1-4H3. The van der Waals surface area contributed by atoms with Gasteiger partial charge in [0.2, 0.25) is 0 Å². The molecule has 0 aliphatic rings. The molecule has 0 saturated heterocycles. The maximum absolute atomic E-state index is 5.06. The van der Waals surface area contributed by atoms with Crippen LogP contribution in [-0.2, 0) is 11.3 Å². The van der Waals surface area contributed by atoms with Gasteiger partial charge >= 0.3 is 0 Å². The van der Waals surface area contributed by atoms with Crippen molar-refractivity contribution in [1.29, 1.82) is 0 Å². The Balaban J connectivity index is 2.40. The van der Waals surface area contributed by atoms with Gasteiger partial charge in [-0.1, -0.05) is 38.1 Å². The minimum atomic E-state index is 0.614. The molecule has 0 unspecified atom stereocenters. The summed E-state index contributed by atoms with van der Waals surface area (Å²) < 4.78 is 5.06. The molecule has 0 fully saturated rings. The fourth-order valence-corrected chi connectivity index (χ4v) is 1.88. The van der Waals surface area contributed by atoms with Gasteiger partial charge in [0.1, 0.15) is 0 Å². The summed E-state index contributed by atoms with van der Waals surface area (Å²) in [6, 6.07) is 8.95. The third-order valence-electron chi connectivity index (χ3n) is 2.99. The molecule has 1 rings (SSSR count). The Morgan fingerprint density at radius 3 is 2.35 bits per heavy atom. The smallest absolute Gasteiger partial charge is 0.0474 e. The summed E-state index contributed by atoms with van der Waals surface area (Å²) in [5.74, 6) is 0.614. The Labute approximate surface area is 106 Å². The van der Waals surface area contributed by atoms with Gasteiger partial charge < -0.3 is 9.64 Å². The lowest BCUT2D eigenvalue weighted by Gasteiger charge is -2.16. The molecule has 0 bridgehead atoms. The second-order valence-electron chi connectivity index (χ2n) is 4.98. The van der Waals surface area contributed by atoms with Crippen LogP contribution in [0.3, 0.4) is 0 Å². The molecule has 0 radical (unpaired) electrons. The topological polar surface area (TPSA) is 12.5 Å². The summed E-state index contributed by atoms with van der Waals surface area (Å²) >= 11 is 0. The van der Waals surface area contributed by atoms with Crippen LogP contribution in [0.4, 0.5) is 0 Å². The van der Waals surface area contributed by atoms with E-state index in [0.29, 0.717) is 5.92 Å². The maximum Gasteiger partial charge on any atom is 0.0474 e. The Kier molecular flexibility index (Phi) is 6.23. The van der Waals surface area contributed by atoms with Crippen LogP contribution in [0, 0.1) is 0 Å². The first-order valence-electron chi connectivity index (χ1n) is 6.39. The molecule has 0 heterocycles. The van der Waals surface area contributed by atoms with E-state index in [0.717, 1.165) is 26.1 Å². The number of benzene rings is 1. The molecule has 0 aliphatic heterocycles. The molecule has 2 heteroatoms. The minimum absolute atomic E-state index is 0.614. The van der Waals surface area contributed by atoms with Crippen LogP contribution < -0.4 is 0 Å². The lowest BCUT2D eigenvalue weighted by Crippen LogP contribution is -2.20. The second kappa shape index (κ2) is 7.46. The summed E-state index contributed by atoms with van der Waals surface area (Å²) in [6.45, 7) is 7.40. The third-order valence-corrected chi connectivity index (χ3v) is 2.99. The molecule has 0 saturated carbocycles. The summed E-state index contributed by atoms with van der Waals surface area (Å²) in [5, 5.41) is 0. The SMILES string of the molecule is COCCCN(C)Cc1ccc(C(C)C)cc1. The highest BCUT2D eigenvalue weighted by Gasteiger charge is 2.02. The highest BCUT2D eigenvalue weighted by atomic mass is 16.5. The highest BCUT2D eigenvalue weighted by molar-refractivity contribution is 5.24. The average Bonchev–Trinajstić information content (AvgIpc) is 2.30. The van der Waals surface area contributed by atoms with Crippen LogP contribution in [-0.4, -0.2) is 32.2 Å². The van der Waals surface area contributed by atoms with Crippen molar-refractivity contribution in [2.45, 2.75) is 32.7 Å². The number of nitrogens with zero attached hydrogens (tertiary/aromatic N) is 1. The molecule has 1 aromatic carbocycles. The first-order valence-corrected chi connectivity index (χ1v) is 6.39. The van der Waals surface area contributed by atoms with Crippen LogP contribution in [0.5, 0.6) is 0 Å². The maximum atomic E-state index is 5.06. The van der Waals surface area contributed by atoms with E-state index in [2.05, 4.69) is 50.1 Å². The Morgan fingerprint density at radius 1 is 1.18 bits per heavy atom. The molecule has 0 spiro atoms. The number of ether oxygens (including phenoxy) is 1. The lowest BCUT2D eigenvalue weighted by molar-refractivity contribution is 0.178. The molecule has 0 N–H and O–H groups in total. The van der Waals surface area contributed by atoms with Gasteiger partial charge in [0.15, 0.2) is 0 Å². The van der Waals surface area contributed by atoms with E-state index < -0.39 is 0 Å². The Hall–Kier alpha value is -0.860. The van der Waals surface area contributed by atoms with Gasteiger partial charge in [-0.15, -0.1) is 0 Å². The molecule has 0 aromatic heterocycles. The van der Waals surface area contributed by atoms with Gasteiger partial charge in [0.05, 0.1) is 0 Å². The minimum Gasteiger partial charge on any atom is -0.385 e. The van der Waals surface area contributed by atoms with Crippen molar-refractivity contribution in [3.8, 4) is 0 Å². The fourth-order valence-electron chi connectivity index (χ4n) is 1.88. The van der Waals surface area contributed by atoms with E-state index in [1.165, 1.54) is 11.1 Å². The van der Waals surface area contributed by atoms with E-state index in [1.54, 1.807) is 7.11 Å². The van der Waals surface area contributed by atoms with Gasteiger partial charge in [0.25, 0.3) is 0 Å². The molecular weight excluding hydrogens is 210 g/mol. The normalized spacial score (nSPS) is 11.4. The number of rotatable bonds is 7. The predicted octanol–water partition coefficient (Wildman–Crippen LogP) is 3.28. The van der Waals surface area contributed by atoms with Gasteiger partial charge in [-0.2, -0.15) is 0 Å². The molecule has 0 aliphatic carbocycles. The van der Waals surface area contributed by atoms with Crippen LogP contribution in [0.1, 0.15) is 37.3 Å². The van der Waals surface area contributed by atoms with Crippen LogP contribution in [0.15, 0.2) is 24.3 Å². The average molecular weight is 235 g/mol. The molecule has 2 nitrogen and oxygen atoms in total. The molecular formula is C15H25NO.